The molecule has 3 heterocycles. The third-order valence-electron chi connectivity index (χ3n) is 4.58. The Hall–Kier alpha value is -2.49. The Morgan fingerprint density at radius 3 is 2.61 bits per heavy atom. The summed E-state index contributed by atoms with van der Waals surface area (Å²) in [4.78, 5) is 18.3. The molecule has 0 unspecified atom stereocenters. The molecule has 6 nitrogen and oxygen atoms in total. The average Bonchev–Trinajstić information content (AvgIpc) is 3.48. The Balaban J connectivity index is 1.40. The highest BCUT2D eigenvalue weighted by atomic mass is 32.2. The van der Waals surface area contributed by atoms with E-state index in [4.69, 9.17) is 0 Å². The molecule has 160 valence electrons. The number of carbonyl (C=O) groups is 1. The molecule has 1 aromatic carbocycles. The Morgan fingerprint density at radius 2 is 1.90 bits per heavy atom. The lowest BCUT2D eigenvalue weighted by Gasteiger charge is -2.07. The molecule has 31 heavy (non-hydrogen) atoms. The minimum atomic E-state index is -0.103. The molecule has 3 aromatic heterocycles. The monoisotopic (exact) mass is 469 g/mol. The van der Waals surface area contributed by atoms with E-state index < -0.39 is 0 Å². The largest absolute Gasteiger partial charge is 0.302 e. The predicted octanol–water partition coefficient (Wildman–Crippen LogP) is 5.89. The molecule has 1 amide bonds. The highest BCUT2D eigenvalue weighted by Crippen LogP contribution is 2.28. The molecule has 4 rings (SSSR count). The number of benzene rings is 1. The molecule has 0 fully saturated rings. The lowest BCUT2D eigenvalue weighted by atomic mass is 10.1. The number of thioether (sulfide) groups is 1. The first-order valence-electron chi connectivity index (χ1n) is 9.97. The maximum Gasteiger partial charge on any atom is 0.236 e. The zero-order valence-corrected chi connectivity index (χ0v) is 20.0. The van der Waals surface area contributed by atoms with Crippen molar-refractivity contribution >= 4 is 45.5 Å². The number of nitrogens with one attached hydrogen (secondary N) is 1. The summed E-state index contributed by atoms with van der Waals surface area (Å²) in [6.45, 7) is 7.07. The standard InChI is InChI=1S/C22H23N5OS3/c1-4-9-27-20(17-10-15(3)29-11-17)25-26-22(27)31-13-19(28)24-21-23-18(12-30-21)16-7-5-14(2)6-8-16/h5-8,10-12H,4,9,13H2,1-3H3,(H,23,24,28). The highest BCUT2D eigenvalue weighted by molar-refractivity contribution is 7.99. The number of rotatable bonds is 8. The van der Waals surface area contributed by atoms with E-state index in [2.05, 4.69) is 69.4 Å². The fraction of sp³-hybridized carbons (Fsp3) is 0.273. The Labute approximate surface area is 193 Å². The highest BCUT2D eigenvalue weighted by Gasteiger charge is 2.16. The van der Waals surface area contributed by atoms with Gasteiger partial charge in [0.05, 0.1) is 11.4 Å². The third kappa shape index (κ3) is 5.23. The van der Waals surface area contributed by atoms with Crippen LogP contribution in [0.25, 0.3) is 22.6 Å². The molecule has 0 aliphatic heterocycles. The van der Waals surface area contributed by atoms with Crippen molar-refractivity contribution in [1.82, 2.24) is 19.7 Å². The number of thiazole rings is 1. The number of anilines is 1. The molecule has 0 bridgehead atoms. The van der Waals surface area contributed by atoms with Gasteiger partial charge < -0.3 is 9.88 Å². The minimum Gasteiger partial charge on any atom is -0.302 e. The third-order valence-corrected chi connectivity index (χ3v) is 7.17. The molecular weight excluding hydrogens is 446 g/mol. The van der Waals surface area contributed by atoms with Gasteiger partial charge in [0.1, 0.15) is 0 Å². The topological polar surface area (TPSA) is 72.7 Å². The molecule has 9 heteroatoms. The molecule has 4 aromatic rings. The van der Waals surface area contributed by atoms with Crippen LogP contribution in [0.15, 0.2) is 46.2 Å². The first-order valence-corrected chi connectivity index (χ1v) is 12.7. The summed E-state index contributed by atoms with van der Waals surface area (Å²) < 4.78 is 2.10. The number of hydrogen-bond donors (Lipinski definition) is 1. The van der Waals surface area contributed by atoms with Crippen molar-refractivity contribution < 1.29 is 4.79 Å². The maximum absolute atomic E-state index is 12.5. The van der Waals surface area contributed by atoms with E-state index in [-0.39, 0.29) is 11.7 Å². The average molecular weight is 470 g/mol. The van der Waals surface area contributed by atoms with Gasteiger partial charge in [0.25, 0.3) is 0 Å². The zero-order chi connectivity index (χ0) is 21.8. The predicted molar refractivity (Wildman–Crippen MR) is 130 cm³/mol. The van der Waals surface area contributed by atoms with E-state index in [1.54, 1.807) is 11.3 Å². The quantitative estimate of drug-likeness (QED) is 0.326. The van der Waals surface area contributed by atoms with Gasteiger partial charge in [-0.15, -0.1) is 32.9 Å². The molecular formula is C22H23N5OS3. The van der Waals surface area contributed by atoms with Crippen LogP contribution in [0.2, 0.25) is 0 Å². The van der Waals surface area contributed by atoms with Crippen molar-refractivity contribution in [2.45, 2.75) is 38.9 Å². The van der Waals surface area contributed by atoms with Crippen LogP contribution in [0.3, 0.4) is 0 Å². The van der Waals surface area contributed by atoms with Crippen molar-refractivity contribution in [2.24, 2.45) is 0 Å². The molecule has 0 saturated carbocycles. The maximum atomic E-state index is 12.5. The van der Waals surface area contributed by atoms with E-state index in [9.17, 15) is 4.79 Å². The lowest BCUT2D eigenvalue weighted by molar-refractivity contribution is -0.113. The van der Waals surface area contributed by atoms with Crippen molar-refractivity contribution in [3.05, 3.63) is 51.5 Å². The Bertz CT molecular complexity index is 1180. The van der Waals surface area contributed by atoms with Crippen molar-refractivity contribution in [3.8, 4) is 22.6 Å². The Kier molecular flexibility index (Phi) is 6.84. The second-order valence-corrected chi connectivity index (χ2v) is 10.1. The fourth-order valence-electron chi connectivity index (χ4n) is 3.07. The number of amides is 1. The summed E-state index contributed by atoms with van der Waals surface area (Å²) in [5.74, 6) is 1.01. The van der Waals surface area contributed by atoms with Gasteiger partial charge in [0.2, 0.25) is 5.91 Å². The van der Waals surface area contributed by atoms with Crippen molar-refractivity contribution in [3.63, 3.8) is 0 Å². The normalized spacial score (nSPS) is 11.1. The smallest absolute Gasteiger partial charge is 0.236 e. The van der Waals surface area contributed by atoms with Crippen LogP contribution in [0, 0.1) is 13.8 Å². The van der Waals surface area contributed by atoms with Crippen LogP contribution in [0.1, 0.15) is 23.8 Å². The minimum absolute atomic E-state index is 0.103. The number of aryl methyl sites for hydroxylation is 2. The van der Waals surface area contributed by atoms with Crippen LogP contribution < -0.4 is 5.32 Å². The van der Waals surface area contributed by atoms with Gasteiger partial charge in [-0.3, -0.25) is 4.79 Å². The van der Waals surface area contributed by atoms with Gasteiger partial charge in [-0.1, -0.05) is 48.5 Å². The zero-order valence-electron chi connectivity index (χ0n) is 17.6. The Morgan fingerprint density at radius 1 is 1.10 bits per heavy atom. The van der Waals surface area contributed by atoms with Crippen molar-refractivity contribution in [2.75, 3.05) is 11.1 Å². The summed E-state index contributed by atoms with van der Waals surface area (Å²) in [5, 5.41) is 17.0. The van der Waals surface area contributed by atoms with E-state index in [1.165, 1.54) is 33.5 Å². The summed E-state index contributed by atoms with van der Waals surface area (Å²) in [7, 11) is 0. The summed E-state index contributed by atoms with van der Waals surface area (Å²) in [6, 6.07) is 10.3. The summed E-state index contributed by atoms with van der Waals surface area (Å²) >= 11 is 4.53. The SMILES string of the molecule is CCCn1c(SCC(=O)Nc2nc(-c3ccc(C)cc3)cs2)nnc1-c1csc(C)c1. The number of aromatic nitrogens is 4. The van der Waals surface area contributed by atoms with Gasteiger partial charge in [-0.2, -0.15) is 0 Å². The van der Waals surface area contributed by atoms with Crippen LogP contribution in [-0.2, 0) is 11.3 Å². The van der Waals surface area contributed by atoms with Crippen LogP contribution in [0.4, 0.5) is 5.13 Å². The number of thiophene rings is 1. The first kappa shape index (κ1) is 21.7. The van der Waals surface area contributed by atoms with Gasteiger partial charge in [-0.25, -0.2) is 4.98 Å². The van der Waals surface area contributed by atoms with Gasteiger partial charge in [0, 0.05) is 33.3 Å². The molecule has 0 aliphatic carbocycles. The van der Waals surface area contributed by atoms with Crippen LogP contribution in [0.5, 0.6) is 0 Å². The van der Waals surface area contributed by atoms with E-state index in [1.807, 2.05) is 17.5 Å². The van der Waals surface area contributed by atoms with Gasteiger partial charge >= 0.3 is 0 Å². The second-order valence-electron chi connectivity index (χ2n) is 7.14. The summed E-state index contributed by atoms with van der Waals surface area (Å²) in [6.07, 6.45) is 0.967. The number of carbonyl (C=O) groups excluding carboxylic acids is 1. The van der Waals surface area contributed by atoms with Crippen LogP contribution >= 0.6 is 34.4 Å². The fourth-order valence-corrected chi connectivity index (χ4v) is 5.25. The first-order chi connectivity index (χ1) is 15.0. The molecule has 1 N–H and O–H groups in total. The molecule has 0 radical (unpaired) electrons. The van der Waals surface area contributed by atoms with Crippen molar-refractivity contribution in [1.29, 1.82) is 0 Å². The molecule has 0 saturated heterocycles. The number of hydrogen-bond acceptors (Lipinski definition) is 7. The summed E-state index contributed by atoms with van der Waals surface area (Å²) in [5.41, 5.74) is 4.19. The lowest BCUT2D eigenvalue weighted by Crippen LogP contribution is -2.14. The van der Waals surface area contributed by atoms with E-state index in [0.717, 1.165) is 40.8 Å². The number of nitrogens with zero attached hydrogens (tertiary/aromatic N) is 4. The van der Waals surface area contributed by atoms with E-state index >= 15 is 0 Å². The van der Waals surface area contributed by atoms with Gasteiger partial charge in [-0.05, 0) is 26.3 Å². The van der Waals surface area contributed by atoms with Crippen LogP contribution in [-0.4, -0.2) is 31.4 Å². The van der Waals surface area contributed by atoms with Gasteiger partial charge in [0.15, 0.2) is 16.1 Å². The van der Waals surface area contributed by atoms with E-state index in [0.29, 0.717) is 5.13 Å². The molecule has 0 aliphatic rings. The second kappa shape index (κ2) is 9.76. The molecule has 0 atom stereocenters. The molecule has 0 spiro atoms.